The Morgan fingerprint density at radius 2 is 2.25 bits per heavy atom. The van der Waals surface area contributed by atoms with E-state index in [1.807, 2.05) is 22.6 Å². The van der Waals surface area contributed by atoms with E-state index in [0.717, 1.165) is 0 Å². The summed E-state index contributed by atoms with van der Waals surface area (Å²) in [5.41, 5.74) is 0. The molecule has 0 bridgehead atoms. The second-order valence-corrected chi connectivity index (χ2v) is 3.91. The topological polar surface area (TPSA) is 38.3 Å². The number of nitrogens with one attached hydrogen (secondary N) is 1. The van der Waals surface area contributed by atoms with Gasteiger partial charge in [-0.3, -0.25) is 4.79 Å². The molecule has 1 N–H and O–H groups in total. The van der Waals surface area contributed by atoms with Crippen LogP contribution in [0.25, 0.3) is 0 Å². The fraction of sp³-hybridized carbons (Fsp3) is 0.833. The van der Waals surface area contributed by atoms with Crippen LogP contribution in [-0.4, -0.2) is 29.6 Å². The maximum Gasteiger partial charge on any atom is 0.345 e. The molecule has 0 saturated heterocycles. The minimum Gasteiger partial charge on any atom is -0.353 e. The summed E-state index contributed by atoms with van der Waals surface area (Å²) >= 11 is 1.93. The summed E-state index contributed by atoms with van der Waals surface area (Å²) in [5.74, 6) is -0.173. The van der Waals surface area contributed by atoms with Gasteiger partial charge in [-0.15, -0.1) is 0 Å². The third-order valence-electron chi connectivity index (χ3n) is 1.01. The van der Waals surface area contributed by atoms with E-state index in [2.05, 4.69) is 10.1 Å². The first-order valence-corrected chi connectivity index (χ1v) is 4.60. The maximum atomic E-state index is 11.4. The third-order valence-corrected chi connectivity index (χ3v) is 1.57. The summed E-state index contributed by atoms with van der Waals surface area (Å²) in [7, 11) is 0. The predicted octanol–water partition coefficient (Wildman–Crippen LogP) is 1.17. The highest BCUT2D eigenvalue weighted by atomic mass is 127. The Hall–Kier alpha value is 0.0200. The second kappa shape index (κ2) is 6.53. The van der Waals surface area contributed by atoms with Crippen LogP contribution in [0.2, 0.25) is 0 Å². The van der Waals surface area contributed by atoms with E-state index in [4.69, 9.17) is 0 Å². The van der Waals surface area contributed by atoms with E-state index in [-0.39, 0.29) is 23.0 Å². The molecule has 1 atom stereocenters. The van der Waals surface area contributed by atoms with Crippen molar-refractivity contribution in [3.63, 3.8) is 0 Å². The van der Waals surface area contributed by atoms with Crippen molar-refractivity contribution in [2.45, 2.75) is 17.5 Å². The fourth-order valence-corrected chi connectivity index (χ4v) is 0.683. The van der Waals surface area contributed by atoms with E-state index in [0.29, 0.717) is 0 Å². The van der Waals surface area contributed by atoms with Crippen LogP contribution in [0.1, 0.15) is 6.92 Å². The molecule has 0 aliphatic carbocycles. The molecule has 0 unspecified atom stereocenters. The Labute approximate surface area is 83.0 Å². The quantitative estimate of drug-likeness (QED) is 0.469. The largest absolute Gasteiger partial charge is 0.353 e. The first kappa shape index (κ1) is 12.0. The van der Waals surface area contributed by atoms with Gasteiger partial charge >= 0.3 is 6.61 Å². The van der Waals surface area contributed by atoms with E-state index in [1.165, 1.54) is 0 Å². The molecule has 0 aromatic rings. The summed E-state index contributed by atoms with van der Waals surface area (Å²) in [6.45, 7) is -1.09. The molecule has 0 rings (SSSR count). The molecule has 0 aromatic heterocycles. The average Bonchev–Trinajstić information content (AvgIpc) is 1.97. The molecule has 3 nitrogen and oxygen atoms in total. The van der Waals surface area contributed by atoms with Gasteiger partial charge in [0.05, 0.1) is 10.5 Å². The van der Waals surface area contributed by atoms with Gasteiger partial charge < -0.3 is 10.1 Å². The van der Waals surface area contributed by atoms with Crippen LogP contribution in [0.4, 0.5) is 8.78 Å². The maximum absolute atomic E-state index is 11.4. The first-order valence-electron chi connectivity index (χ1n) is 3.35. The fourth-order valence-electron chi connectivity index (χ4n) is 0.463. The van der Waals surface area contributed by atoms with Crippen LogP contribution in [0.3, 0.4) is 0 Å². The van der Waals surface area contributed by atoms with E-state index < -0.39 is 6.61 Å². The summed E-state index contributed by atoms with van der Waals surface area (Å²) in [6, 6.07) is 0. The Balaban J connectivity index is 3.26. The summed E-state index contributed by atoms with van der Waals surface area (Å²) in [6.07, 6.45) is 0. The molecule has 0 radical (unpaired) electrons. The number of hydrogen-bond donors (Lipinski definition) is 1. The molecule has 0 heterocycles. The van der Waals surface area contributed by atoms with Gasteiger partial charge in [-0.05, 0) is 6.92 Å². The van der Waals surface area contributed by atoms with Gasteiger partial charge in [0.1, 0.15) is 0 Å². The Morgan fingerprint density at radius 1 is 1.67 bits per heavy atom. The molecular weight excluding hydrogens is 283 g/mol. The molecule has 72 valence electrons. The van der Waals surface area contributed by atoms with Gasteiger partial charge in [0.25, 0.3) is 0 Å². The lowest BCUT2D eigenvalue weighted by atomic mass is 10.4. The average molecular weight is 293 g/mol. The molecular formula is C6H10F2INO2. The number of carbonyl (C=O) groups is 1. The van der Waals surface area contributed by atoms with Gasteiger partial charge in [0.2, 0.25) is 5.91 Å². The van der Waals surface area contributed by atoms with Crippen LogP contribution in [0, 0.1) is 0 Å². The molecule has 0 spiro atoms. The minimum absolute atomic E-state index is 0.122. The van der Waals surface area contributed by atoms with Crippen molar-refractivity contribution >= 4 is 28.5 Å². The number of halogens is 3. The number of alkyl halides is 3. The van der Waals surface area contributed by atoms with Crippen molar-refractivity contribution in [1.82, 2.24) is 5.32 Å². The van der Waals surface area contributed by atoms with Crippen LogP contribution in [-0.2, 0) is 9.53 Å². The standard InChI is InChI=1S/C6H10F2INO2/c1-4(9)5(11)10-2-3-12-6(7)8/h4,6H,2-3H2,1H3,(H,10,11)/t4-/m0/s1. The minimum atomic E-state index is -2.76. The van der Waals surface area contributed by atoms with Crippen LogP contribution in [0.15, 0.2) is 0 Å². The van der Waals surface area contributed by atoms with Crippen LogP contribution >= 0.6 is 22.6 Å². The molecule has 0 saturated carbocycles. The van der Waals surface area contributed by atoms with Crippen molar-refractivity contribution in [3.05, 3.63) is 0 Å². The van der Waals surface area contributed by atoms with Gasteiger partial charge in [0.15, 0.2) is 0 Å². The van der Waals surface area contributed by atoms with Gasteiger partial charge in [-0.1, -0.05) is 22.6 Å². The molecule has 0 aliphatic rings. The Bertz CT molecular complexity index is 144. The molecule has 12 heavy (non-hydrogen) atoms. The Morgan fingerprint density at radius 3 is 2.67 bits per heavy atom. The van der Waals surface area contributed by atoms with Crippen molar-refractivity contribution in [2.75, 3.05) is 13.2 Å². The highest BCUT2D eigenvalue weighted by Gasteiger charge is 2.07. The highest BCUT2D eigenvalue weighted by Crippen LogP contribution is 1.97. The summed E-state index contributed by atoms with van der Waals surface area (Å²) in [4.78, 5) is 10.8. The Kier molecular flexibility index (Phi) is 6.54. The van der Waals surface area contributed by atoms with Gasteiger partial charge in [0, 0.05) is 6.54 Å². The molecule has 0 aromatic carbocycles. The highest BCUT2D eigenvalue weighted by molar-refractivity contribution is 14.1. The van der Waals surface area contributed by atoms with Crippen LogP contribution in [0.5, 0.6) is 0 Å². The SMILES string of the molecule is C[C@H](I)C(=O)NCCOC(F)F. The van der Waals surface area contributed by atoms with E-state index >= 15 is 0 Å². The van der Waals surface area contributed by atoms with Crippen molar-refractivity contribution in [2.24, 2.45) is 0 Å². The van der Waals surface area contributed by atoms with Crippen molar-refractivity contribution in [3.8, 4) is 0 Å². The zero-order chi connectivity index (χ0) is 9.56. The van der Waals surface area contributed by atoms with Gasteiger partial charge in [-0.25, -0.2) is 0 Å². The normalized spacial score (nSPS) is 13.1. The molecule has 0 fully saturated rings. The summed E-state index contributed by atoms with van der Waals surface area (Å²) < 4.78 is 26.5. The molecule has 1 amide bonds. The van der Waals surface area contributed by atoms with Crippen molar-refractivity contribution < 1.29 is 18.3 Å². The zero-order valence-electron chi connectivity index (χ0n) is 6.52. The number of rotatable bonds is 5. The monoisotopic (exact) mass is 293 g/mol. The predicted molar refractivity (Wildman–Crippen MR) is 48.4 cm³/mol. The van der Waals surface area contributed by atoms with E-state index in [1.54, 1.807) is 6.92 Å². The smallest absolute Gasteiger partial charge is 0.345 e. The summed E-state index contributed by atoms with van der Waals surface area (Å²) in [5, 5.41) is 2.43. The van der Waals surface area contributed by atoms with E-state index in [9.17, 15) is 13.6 Å². The van der Waals surface area contributed by atoms with Crippen LogP contribution < -0.4 is 5.32 Å². The van der Waals surface area contributed by atoms with Crippen molar-refractivity contribution in [1.29, 1.82) is 0 Å². The number of hydrogen-bond acceptors (Lipinski definition) is 2. The number of ether oxygens (including phenoxy) is 1. The third kappa shape index (κ3) is 6.71. The lowest BCUT2D eigenvalue weighted by Gasteiger charge is -2.06. The molecule has 0 aliphatic heterocycles. The zero-order valence-corrected chi connectivity index (χ0v) is 8.68. The lowest BCUT2D eigenvalue weighted by Crippen LogP contribution is -2.32. The second-order valence-electron chi connectivity index (χ2n) is 2.04. The lowest BCUT2D eigenvalue weighted by molar-refractivity contribution is -0.131. The number of carbonyl (C=O) groups excluding carboxylic acids is 1. The first-order chi connectivity index (χ1) is 5.54. The molecule has 6 heteroatoms. The van der Waals surface area contributed by atoms with Gasteiger partial charge in [-0.2, -0.15) is 8.78 Å². The number of amides is 1.